The molecule has 0 aromatic carbocycles. The van der Waals surface area contributed by atoms with Crippen LogP contribution in [0.3, 0.4) is 0 Å². The lowest BCUT2D eigenvalue weighted by molar-refractivity contribution is -0.911. The fourth-order valence-electron chi connectivity index (χ4n) is 3.61. The van der Waals surface area contributed by atoms with Gasteiger partial charge < -0.3 is 21.9 Å². The Morgan fingerprint density at radius 1 is 1.28 bits per heavy atom. The summed E-state index contributed by atoms with van der Waals surface area (Å²) in [5.41, 5.74) is 1.13. The van der Waals surface area contributed by atoms with Crippen LogP contribution in [0.5, 0.6) is 0 Å². The van der Waals surface area contributed by atoms with Crippen LogP contribution >= 0.6 is 0 Å². The molecule has 2 aliphatic heterocycles. The van der Waals surface area contributed by atoms with E-state index in [4.69, 9.17) is 19.0 Å². The van der Waals surface area contributed by atoms with Gasteiger partial charge in [-0.3, -0.25) is 9.53 Å². The zero-order valence-electron chi connectivity index (χ0n) is 15.1. The van der Waals surface area contributed by atoms with Gasteiger partial charge in [0.1, 0.15) is 11.6 Å². The molecule has 3 aliphatic rings. The number of carbonyl (C=O) groups excluding carboxylic acids is 2. The number of rotatable bonds is 3. The number of quaternary nitrogens is 1. The predicted octanol–water partition coefficient (Wildman–Crippen LogP) is -1.69. The van der Waals surface area contributed by atoms with Crippen molar-refractivity contribution in [2.24, 2.45) is 0 Å². The van der Waals surface area contributed by atoms with Gasteiger partial charge in [-0.25, -0.2) is 4.79 Å². The third-order valence-corrected chi connectivity index (χ3v) is 4.68. The highest BCUT2D eigenvalue weighted by Gasteiger charge is 2.65. The molecule has 144 valence electrons. The minimum absolute atomic E-state index is 0. The molecule has 3 rings (SSSR count). The van der Waals surface area contributed by atoms with Crippen LogP contribution in [0.25, 0.3) is 0 Å². The summed E-state index contributed by atoms with van der Waals surface area (Å²) in [4.78, 5) is 29.8. The summed E-state index contributed by atoms with van der Waals surface area (Å²) in [6.07, 6.45) is 5.85. The number of hydroxylamine groups is 1. The standard InChI is InChI=1S/C17H27NO6.ClH/c1-15(2,3)21-13(19)8-7-12-11-17(24-18-12)14(20)22-16(23-17)9-5-4-6-10-16;/h12,18H,4-11H2,1-3H3;1H/t12-,17+;/m0./s1. The largest absolute Gasteiger partial charge is 1.00 e. The maximum atomic E-state index is 12.4. The van der Waals surface area contributed by atoms with E-state index in [2.05, 4.69) is 0 Å². The van der Waals surface area contributed by atoms with Crippen molar-refractivity contribution < 1.29 is 46.5 Å². The van der Waals surface area contributed by atoms with Crippen LogP contribution in [-0.4, -0.2) is 35.2 Å². The molecule has 0 aromatic rings. The molecule has 2 spiro atoms. The second-order valence-electron chi connectivity index (χ2n) is 8.06. The molecule has 25 heavy (non-hydrogen) atoms. The van der Waals surface area contributed by atoms with Gasteiger partial charge in [0.05, 0.1) is 12.8 Å². The Morgan fingerprint density at radius 2 is 1.96 bits per heavy atom. The summed E-state index contributed by atoms with van der Waals surface area (Å²) < 4.78 is 16.9. The van der Waals surface area contributed by atoms with Crippen LogP contribution in [-0.2, 0) is 28.6 Å². The molecular formula is C17H28ClNO6. The number of halogens is 1. The van der Waals surface area contributed by atoms with Crippen LogP contribution in [0.2, 0.25) is 0 Å². The summed E-state index contributed by atoms with van der Waals surface area (Å²) >= 11 is 0. The van der Waals surface area contributed by atoms with Crippen molar-refractivity contribution >= 4 is 11.9 Å². The van der Waals surface area contributed by atoms with E-state index in [-0.39, 0.29) is 30.8 Å². The van der Waals surface area contributed by atoms with E-state index < -0.39 is 23.1 Å². The van der Waals surface area contributed by atoms with Gasteiger partial charge >= 0.3 is 17.7 Å². The maximum Gasteiger partial charge on any atom is 0.375 e. The number of esters is 2. The third-order valence-electron chi connectivity index (χ3n) is 4.68. The zero-order valence-corrected chi connectivity index (χ0v) is 15.9. The highest BCUT2D eigenvalue weighted by Crippen LogP contribution is 2.45. The first-order valence-corrected chi connectivity index (χ1v) is 8.89. The molecule has 2 atom stereocenters. The molecule has 3 fully saturated rings. The number of hydrogen-bond acceptors (Lipinski definition) is 6. The summed E-state index contributed by atoms with van der Waals surface area (Å²) in [6, 6.07) is -0.0243. The highest BCUT2D eigenvalue weighted by molar-refractivity contribution is 5.80. The molecule has 7 nitrogen and oxygen atoms in total. The Hall–Kier alpha value is -0.890. The molecule has 2 N–H and O–H groups in total. The quantitative estimate of drug-likeness (QED) is 0.590. The molecular weight excluding hydrogens is 350 g/mol. The van der Waals surface area contributed by atoms with E-state index in [9.17, 15) is 9.59 Å². The SMILES string of the molecule is CC(C)(C)OC(=O)CC[C@H]1C[C@]2(O[NH2+]1)OC1(CCCCC1)OC2=O.[Cl-]. The smallest absolute Gasteiger partial charge is 0.375 e. The van der Waals surface area contributed by atoms with E-state index >= 15 is 0 Å². The van der Waals surface area contributed by atoms with Crippen LogP contribution in [0.1, 0.15) is 72.1 Å². The van der Waals surface area contributed by atoms with Crippen LogP contribution in [0, 0.1) is 0 Å². The van der Waals surface area contributed by atoms with E-state index in [1.807, 2.05) is 20.8 Å². The topological polar surface area (TPSA) is 87.7 Å². The number of hydrogen-bond donors (Lipinski definition) is 1. The molecule has 0 radical (unpaired) electrons. The predicted molar refractivity (Wildman–Crippen MR) is 82.2 cm³/mol. The average Bonchev–Trinajstić information content (AvgIpc) is 2.99. The Kier molecular flexibility index (Phi) is 6.03. The van der Waals surface area contributed by atoms with Gasteiger partial charge in [0, 0.05) is 19.3 Å². The highest BCUT2D eigenvalue weighted by atomic mass is 35.5. The maximum absolute atomic E-state index is 12.4. The number of nitrogens with two attached hydrogens (primary N) is 1. The van der Waals surface area contributed by atoms with Gasteiger partial charge in [-0.1, -0.05) is 6.42 Å². The monoisotopic (exact) mass is 377 g/mol. The first-order chi connectivity index (χ1) is 11.2. The van der Waals surface area contributed by atoms with Crippen molar-refractivity contribution in [3.8, 4) is 0 Å². The van der Waals surface area contributed by atoms with Crippen molar-refractivity contribution in [1.82, 2.24) is 0 Å². The molecule has 2 heterocycles. The molecule has 0 bridgehead atoms. The molecule has 0 aromatic heterocycles. The molecule has 2 saturated heterocycles. The number of ether oxygens (including phenoxy) is 3. The zero-order chi connectivity index (χ0) is 17.4. The normalized spacial score (nSPS) is 31.0. The van der Waals surface area contributed by atoms with Crippen molar-refractivity contribution in [1.29, 1.82) is 0 Å². The van der Waals surface area contributed by atoms with Gasteiger partial charge in [0.15, 0.2) is 0 Å². The average molecular weight is 378 g/mol. The molecule has 1 aliphatic carbocycles. The van der Waals surface area contributed by atoms with Crippen molar-refractivity contribution in [2.45, 2.75) is 95.4 Å². The van der Waals surface area contributed by atoms with Crippen LogP contribution in [0.15, 0.2) is 0 Å². The Labute approximate surface area is 154 Å². The van der Waals surface area contributed by atoms with Gasteiger partial charge in [-0.15, -0.1) is 0 Å². The summed E-state index contributed by atoms with van der Waals surface area (Å²) in [5.74, 6) is -2.78. The summed E-state index contributed by atoms with van der Waals surface area (Å²) in [5, 5.41) is 0. The molecule has 8 heteroatoms. The Morgan fingerprint density at radius 3 is 2.60 bits per heavy atom. The van der Waals surface area contributed by atoms with Crippen LogP contribution < -0.4 is 17.9 Å². The lowest BCUT2D eigenvalue weighted by atomic mass is 9.94. The van der Waals surface area contributed by atoms with E-state index in [1.54, 1.807) is 5.48 Å². The first kappa shape index (κ1) is 20.4. The minimum atomic E-state index is -1.31. The fourth-order valence-corrected chi connectivity index (χ4v) is 3.61. The molecule has 1 saturated carbocycles. The lowest BCUT2D eigenvalue weighted by Crippen LogP contribution is -3.00. The van der Waals surface area contributed by atoms with Crippen molar-refractivity contribution in [2.75, 3.05) is 0 Å². The summed E-state index contributed by atoms with van der Waals surface area (Å²) in [7, 11) is 0. The van der Waals surface area contributed by atoms with E-state index in [0.29, 0.717) is 12.8 Å². The van der Waals surface area contributed by atoms with E-state index in [0.717, 1.165) is 32.1 Å². The molecule has 0 unspecified atom stereocenters. The van der Waals surface area contributed by atoms with Crippen molar-refractivity contribution in [3.63, 3.8) is 0 Å². The summed E-state index contributed by atoms with van der Waals surface area (Å²) in [6.45, 7) is 5.53. The van der Waals surface area contributed by atoms with Crippen LogP contribution in [0.4, 0.5) is 0 Å². The second kappa shape index (κ2) is 7.39. The second-order valence-corrected chi connectivity index (χ2v) is 8.06. The first-order valence-electron chi connectivity index (χ1n) is 8.89. The number of carbonyl (C=O) groups is 2. The Balaban J connectivity index is 0.00000225. The third kappa shape index (κ3) is 4.64. The Bertz CT molecular complexity index is 514. The van der Waals surface area contributed by atoms with Gasteiger partial charge in [0.25, 0.3) is 0 Å². The molecule has 0 amide bonds. The lowest BCUT2D eigenvalue weighted by Gasteiger charge is -2.30. The fraction of sp³-hybridized carbons (Fsp3) is 0.882. The van der Waals surface area contributed by atoms with Gasteiger partial charge in [-0.2, -0.15) is 10.3 Å². The van der Waals surface area contributed by atoms with Crippen molar-refractivity contribution in [3.05, 3.63) is 0 Å². The van der Waals surface area contributed by atoms with Gasteiger partial charge in [0.2, 0.25) is 5.79 Å². The van der Waals surface area contributed by atoms with Gasteiger partial charge in [-0.05, 0) is 33.6 Å². The minimum Gasteiger partial charge on any atom is -1.00 e. The van der Waals surface area contributed by atoms with E-state index in [1.165, 1.54) is 0 Å².